The predicted octanol–water partition coefficient (Wildman–Crippen LogP) is 0.643. The van der Waals surface area contributed by atoms with E-state index in [9.17, 15) is 4.79 Å². The number of methoxy groups -OCH3 is 1. The topological polar surface area (TPSA) is 44.8 Å². The third-order valence-electron chi connectivity index (χ3n) is 1.60. The summed E-state index contributed by atoms with van der Waals surface area (Å²) in [4.78, 5) is 10.7. The summed E-state index contributed by atoms with van der Waals surface area (Å²) in [5.41, 5.74) is 0. The molecule has 0 aliphatic rings. The number of carbonyl (C=O) groups excluding carboxylic acids is 1. The summed E-state index contributed by atoms with van der Waals surface area (Å²) in [6.07, 6.45) is -0.328. The molecule has 0 aliphatic heterocycles. The summed E-state index contributed by atoms with van der Waals surface area (Å²) >= 11 is 0. The number of Topliss-reactive ketones (excluding diaryl/α,β-unsaturated/α-hetero) is 1. The van der Waals surface area contributed by atoms with Gasteiger partial charge in [0.05, 0.1) is 26.4 Å². The minimum absolute atomic E-state index is 0.0388. The minimum atomic E-state index is -0.328. The van der Waals surface area contributed by atoms with E-state index in [1.165, 1.54) is 6.92 Å². The highest BCUT2D eigenvalue weighted by Crippen LogP contribution is 1.91. The van der Waals surface area contributed by atoms with Crippen molar-refractivity contribution in [3.63, 3.8) is 0 Å². The lowest BCUT2D eigenvalue weighted by molar-refractivity contribution is -0.128. The molecular weight excluding hydrogens is 172 g/mol. The first-order chi connectivity index (χ1) is 6.18. The van der Waals surface area contributed by atoms with Gasteiger partial charge in [0.2, 0.25) is 0 Å². The quantitative estimate of drug-likeness (QED) is 0.527. The van der Waals surface area contributed by atoms with Gasteiger partial charge in [0.15, 0.2) is 5.78 Å². The maximum atomic E-state index is 10.7. The summed E-state index contributed by atoms with van der Waals surface area (Å²) < 4.78 is 15.1. The summed E-state index contributed by atoms with van der Waals surface area (Å²) in [7, 11) is 1.62. The molecule has 0 amide bonds. The SMILES string of the molecule is COCCOCCOC(C)C(C)=O. The lowest BCUT2D eigenvalue weighted by Gasteiger charge is -2.09. The van der Waals surface area contributed by atoms with E-state index in [0.717, 1.165) is 0 Å². The molecule has 0 rings (SSSR count). The molecule has 0 radical (unpaired) electrons. The minimum Gasteiger partial charge on any atom is -0.382 e. The maximum Gasteiger partial charge on any atom is 0.158 e. The Morgan fingerprint density at radius 2 is 1.85 bits per heavy atom. The zero-order valence-corrected chi connectivity index (χ0v) is 8.54. The van der Waals surface area contributed by atoms with Crippen LogP contribution in [0.1, 0.15) is 13.8 Å². The van der Waals surface area contributed by atoms with Crippen molar-refractivity contribution in [2.24, 2.45) is 0 Å². The molecule has 0 spiro atoms. The van der Waals surface area contributed by atoms with E-state index < -0.39 is 0 Å². The first-order valence-corrected chi connectivity index (χ1v) is 4.37. The van der Waals surface area contributed by atoms with Crippen LogP contribution in [0.5, 0.6) is 0 Å². The fraction of sp³-hybridized carbons (Fsp3) is 0.889. The number of carbonyl (C=O) groups is 1. The molecule has 0 saturated carbocycles. The van der Waals surface area contributed by atoms with Gasteiger partial charge >= 0.3 is 0 Å². The molecule has 0 bridgehead atoms. The molecule has 4 heteroatoms. The van der Waals surface area contributed by atoms with Gasteiger partial charge in [-0.25, -0.2) is 0 Å². The highest BCUT2D eigenvalue weighted by atomic mass is 16.5. The summed E-state index contributed by atoms with van der Waals surface area (Å²) in [5, 5.41) is 0. The number of ether oxygens (including phenoxy) is 3. The molecule has 0 aromatic carbocycles. The second-order valence-electron chi connectivity index (χ2n) is 2.73. The smallest absolute Gasteiger partial charge is 0.158 e. The van der Waals surface area contributed by atoms with E-state index in [1.54, 1.807) is 14.0 Å². The van der Waals surface area contributed by atoms with Crippen LogP contribution >= 0.6 is 0 Å². The van der Waals surface area contributed by atoms with E-state index in [1.807, 2.05) is 0 Å². The van der Waals surface area contributed by atoms with Gasteiger partial charge in [-0.1, -0.05) is 0 Å². The molecule has 0 heterocycles. The summed E-state index contributed by atoms with van der Waals surface area (Å²) in [6, 6.07) is 0. The van der Waals surface area contributed by atoms with E-state index in [0.29, 0.717) is 26.4 Å². The second-order valence-corrected chi connectivity index (χ2v) is 2.73. The fourth-order valence-electron chi connectivity index (χ4n) is 0.645. The van der Waals surface area contributed by atoms with Gasteiger partial charge in [-0.2, -0.15) is 0 Å². The van der Waals surface area contributed by atoms with Crippen molar-refractivity contribution in [2.45, 2.75) is 20.0 Å². The number of rotatable bonds is 8. The molecule has 1 unspecified atom stereocenters. The molecule has 0 N–H and O–H groups in total. The average molecular weight is 190 g/mol. The molecule has 1 atom stereocenters. The Labute approximate surface area is 79.2 Å². The van der Waals surface area contributed by atoms with Crippen molar-refractivity contribution in [3.8, 4) is 0 Å². The number of ketones is 1. The van der Waals surface area contributed by atoms with Crippen LogP contribution in [0, 0.1) is 0 Å². The lowest BCUT2D eigenvalue weighted by Crippen LogP contribution is -2.20. The van der Waals surface area contributed by atoms with Crippen LogP contribution in [0.15, 0.2) is 0 Å². The molecule has 13 heavy (non-hydrogen) atoms. The number of hydrogen-bond donors (Lipinski definition) is 0. The Hall–Kier alpha value is -0.450. The Morgan fingerprint density at radius 1 is 1.23 bits per heavy atom. The maximum absolute atomic E-state index is 10.7. The van der Waals surface area contributed by atoms with Crippen molar-refractivity contribution in [1.82, 2.24) is 0 Å². The third-order valence-corrected chi connectivity index (χ3v) is 1.60. The van der Waals surface area contributed by atoms with E-state index in [-0.39, 0.29) is 11.9 Å². The third kappa shape index (κ3) is 7.90. The predicted molar refractivity (Wildman–Crippen MR) is 48.8 cm³/mol. The monoisotopic (exact) mass is 190 g/mol. The van der Waals surface area contributed by atoms with Gasteiger partial charge in [0.1, 0.15) is 6.10 Å². The van der Waals surface area contributed by atoms with Crippen molar-refractivity contribution in [3.05, 3.63) is 0 Å². The molecule has 78 valence electrons. The fourth-order valence-corrected chi connectivity index (χ4v) is 0.645. The molecule has 4 nitrogen and oxygen atoms in total. The zero-order valence-electron chi connectivity index (χ0n) is 8.54. The Kier molecular flexibility index (Phi) is 7.88. The van der Waals surface area contributed by atoms with Gasteiger partial charge in [0, 0.05) is 7.11 Å². The van der Waals surface area contributed by atoms with E-state index in [2.05, 4.69) is 0 Å². The summed E-state index contributed by atoms with van der Waals surface area (Å²) in [5.74, 6) is 0.0388. The molecule has 0 fully saturated rings. The lowest BCUT2D eigenvalue weighted by atomic mass is 10.3. The Morgan fingerprint density at radius 3 is 2.38 bits per heavy atom. The average Bonchev–Trinajstić information content (AvgIpc) is 2.10. The highest BCUT2D eigenvalue weighted by molar-refractivity contribution is 5.79. The van der Waals surface area contributed by atoms with Crippen LogP contribution in [0.4, 0.5) is 0 Å². The van der Waals surface area contributed by atoms with Crippen molar-refractivity contribution < 1.29 is 19.0 Å². The van der Waals surface area contributed by atoms with Gasteiger partial charge in [-0.3, -0.25) is 4.79 Å². The van der Waals surface area contributed by atoms with Crippen LogP contribution < -0.4 is 0 Å². The normalized spacial score (nSPS) is 12.8. The van der Waals surface area contributed by atoms with Crippen molar-refractivity contribution in [2.75, 3.05) is 33.5 Å². The largest absolute Gasteiger partial charge is 0.382 e. The molecule has 0 aromatic heterocycles. The van der Waals surface area contributed by atoms with Crippen LogP contribution in [0.25, 0.3) is 0 Å². The van der Waals surface area contributed by atoms with Crippen molar-refractivity contribution in [1.29, 1.82) is 0 Å². The zero-order chi connectivity index (χ0) is 10.1. The first-order valence-electron chi connectivity index (χ1n) is 4.37. The standard InChI is InChI=1S/C9H18O4/c1-8(10)9(2)13-7-6-12-5-4-11-3/h9H,4-7H2,1-3H3. The molecule has 0 aliphatic carbocycles. The Bertz CT molecular complexity index is 136. The van der Waals surface area contributed by atoms with Gasteiger partial charge in [0.25, 0.3) is 0 Å². The van der Waals surface area contributed by atoms with Crippen LogP contribution in [-0.4, -0.2) is 45.4 Å². The number of hydrogen-bond acceptors (Lipinski definition) is 4. The van der Waals surface area contributed by atoms with Gasteiger partial charge in [-0.05, 0) is 13.8 Å². The van der Waals surface area contributed by atoms with E-state index in [4.69, 9.17) is 14.2 Å². The molecule has 0 saturated heterocycles. The Balaban J connectivity index is 3.11. The summed E-state index contributed by atoms with van der Waals surface area (Å²) in [6.45, 7) is 5.34. The van der Waals surface area contributed by atoms with Crippen molar-refractivity contribution >= 4 is 5.78 Å². The molecule has 0 aromatic rings. The van der Waals surface area contributed by atoms with Gasteiger partial charge in [-0.15, -0.1) is 0 Å². The van der Waals surface area contributed by atoms with Crippen LogP contribution in [-0.2, 0) is 19.0 Å². The highest BCUT2D eigenvalue weighted by Gasteiger charge is 2.06. The second kappa shape index (κ2) is 8.16. The van der Waals surface area contributed by atoms with E-state index >= 15 is 0 Å². The van der Waals surface area contributed by atoms with Crippen LogP contribution in [0.2, 0.25) is 0 Å². The van der Waals surface area contributed by atoms with Gasteiger partial charge < -0.3 is 14.2 Å². The molecular formula is C9H18O4. The first kappa shape index (κ1) is 12.6. The van der Waals surface area contributed by atoms with Crippen LogP contribution in [0.3, 0.4) is 0 Å².